The van der Waals surface area contributed by atoms with Crippen molar-refractivity contribution in [2.24, 2.45) is 0 Å². The average Bonchev–Trinajstić information content (AvgIpc) is 2.54. The van der Waals surface area contributed by atoms with Crippen LogP contribution in [0.2, 0.25) is 13.1 Å². The van der Waals surface area contributed by atoms with Gasteiger partial charge in [-0.1, -0.05) is 36.4 Å². The first-order valence-corrected chi connectivity index (χ1v) is 16.4. The number of likely N-dealkylation sites (N-methyl/N-ethyl adjacent to an activating group) is 1. The van der Waals surface area contributed by atoms with Crippen LogP contribution in [0.15, 0.2) is 21.9 Å². The molecule has 0 aromatic rings. The molecule has 0 atom stereocenters. The number of allylic oxidation sites excluding steroid dienone is 4. The third-order valence-electron chi connectivity index (χ3n) is 4.10. The number of rotatable bonds is 5. The Bertz CT molecular complexity index is 406. The summed E-state index contributed by atoms with van der Waals surface area (Å²) in [6.45, 7) is 15.8. The van der Waals surface area contributed by atoms with Gasteiger partial charge in [0.1, 0.15) is 0 Å². The topological polar surface area (TPSA) is 17.3 Å². The zero-order valence-electron chi connectivity index (χ0n) is 14.6. The van der Waals surface area contributed by atoms with Crippen molar-refractivity contribution >= 4 is 25.3 Å². The third kappa shape index (κ3) is 6.61. The Morgan fingerprint density at radius 1 is 1.00 bits per heavy atom. The second-order valence-electron chi connectivity index (χ2n) is 6.19. The molecule has 1 rings (SSSR count). The predicted molar refractivity (Wildman–Crippen MR) is 96.0 cm³/mol. The minimum atomic E-state index is -1.65. The summed E-state index contributed by atoms with van der Waals surface area (Å²) in [5.41, 5.74) is 4.41. The first kappa shape index (κ1) is 22.1. The summed E-state index contributed by atoms with van der Waals surface area (Å²) in [5, 5.41) is 1.57. The van der Waals surface area contributed by atoms with Gasteiger partial charge in [0.05, 0.1) is 0 Å². The molecule has 0 aromatic heterocycles. The van der Waals surface area contributed by atoms with Crippen LogP contribution in [0.25, 0.3) is 4.98 Å². The van der Waals surface area contributed by atoms with Crippen molar-refractivity contribution < 1.29 is 20.8 Å². The molecule has 2 nitrogen and oxygen atoms in total. The second kappa shape index (κ2) is 10.1. The van der Waals surface area contributed by atoms with Crippen LogP contribution in [-0.4, -0.2) is 40.3 Å². The number of halogens is 2. The van der Waals surface area contributed by atoms with Crippen LogP contribution >= 0.6 is 17.0 Å². The number of hydrogen-bond acceptors (Lipinski definition) is 1. The fourth-order valence-corrected chi connectivity index (χ4v) is 5.77. The van der Waals surface area contributed by atoms with Crippen molar-refractivity contribution in [3.05, 3.63) is 32.8 Å². The molecule has 0 spiro atoms. The molecule has 1 aliphatic carbocycles. The Kier molecular flexibility index (Phi) is 10.6. The van der Waals surface area contributed by atoms with E-state index in [-0.39, 0.29) is 0 Å². The first-order valence-electron chi connectivity index (χ1n) is 7.13. The predicted octanol–water partition coefficient (Wildman–Crippen LogP) is 5.30. The van der Waals surface area contributed by atoms with E-state index in [0.29, 0.717) is 0 Å². The normalized spacial score (nSPS) is 16.5. The number of hydrogen-bond donors (Lipinski definition) is 0. The zero-order chi connectivity index (χ0) is 16.8. The van der Waals surface area contributed by atoms with Crippen LogP contribution in [0.4, 0.5) is 0 Å². The maximum absolute atomic E-state index is 5.04. The van der Waals surface area contributed by atoms with Crippen LogP contribution in [0.1, 0.15) is 27.7 Å². The van der Waals surface area contributed by atoms with Crippen molar-refractivity contribution in [2.75, 3.05) is 27.2 Å². The third-order valence-corrected chi connectivity index (χ3v) is 7.09. The van der Waals surface area contributed by atoms with E-state index in [0.717, 1.165) is 13.1 Å². The minimum absolute atomic E-state index is 0.826. The molecule has 0 amide bonds. The molecule has 1 radical (unpaired) electrons. The van der Waals surface area contributed by atoms with Crippen molar-refractivity contribution in [3.8, 4) is 0 Å². The average molecular weight is 427 g/mol. The van der Waals surface area contributed by atoms with Crippen LogP contribution in [0, 0.1) is 5.92 Å². The molecule has 0 saturated heterocycles. The summed E-state index contributed by atoms with van der Waals surface area (Å²) in [6.07, 6.45) is 0. The Morgan fingerprint density at radius 3 is 1.81 bits per heavy atom. The maximum atomic E-state index is 5.04. The molecule has 0 heterocycles. The van der Waals surface area contributed by atoms with Gasteiger partial charge in [-0.05, 0) is 55.2 Å². The van der Waals surface area contributed by atoms with Gasteiger partial charge in [0.2, 0.25) is 0 Å². The van der Waals surface area contributed by atoms with Gasteiger partial charge in [0.25, 0.3) is 0 Å². The molecule has 0 aromatic carbocycles. The standard InChI is InChI=1S/C15H28N2Si.2ClH.Zr/c1-11-12(2)14(4)15(13(11)3)18(7,8)16-9-10-17(5)6;;;/h9-10H2,1-8H3;2*1H;/q-1;;;+2/p-2. The van der Waals surface area contributed by atoms with Crippen molar-refractivity contribution in [1.82, 2.24) is 4.90 Å². The molecule has 21 heavy (non-hydrogen) atoms. The Hall–Kier alpha value is 1.08. The number of nitrogens with zero attached hydrogens (tertiary/aromatic N) is 2. The van der Waals surface area contributed by atoms with E-state index in [1.807, 2.05) is 0 Å². The van der Waals surface area contributed by atoms with E-state index < -0.39 is 29.1 Å². The SMILES string of the molecule is C[C]1C(C)=C(C)C(C)=C1[Si](C)(C)[N-]CCN(C)C.[Cl][Zr][Cl]. The molecular formula is C15H28Cl2N2SiZr-. The molecule has 1 aliphatic rings. The summed E-state index contributed by atoms with van der Waals surface area (Å²) < 4.78 is 0. The molecule has 6 heteroatoms. The zero-order valence-corrected chi connectivity index (χ0v) is 19.5. The van der Waals surface area contributed by atoms with E-state index in [1.165, 1.54) is 22.6 Å². The molecule has 0 bridgehead atoms. The fourth-order valence-electron chi connectivity index (χ4n) is 2.75. The van der Waals surface area contributed by atoms with Gasteiger partial charge in [-0.15, -0.1) is 6.54 Å². The molecule has 0 N–H and O–H groups in total. The van der Waals surface area contributed by atoms with E-state index >= 15 is 0 Å². The van der Waals surface area contributed by atoms with Gasteiger partial charge < -0.3 is 9.88 Å². The molecular weight excluding hydrogens is 398 g/mol. The quantitative estimate of drug-likeness (QED) is 0.545. The summed E-state index contributed by atoms with van der Waals surface area (Å²) >= 11 is -0.826. The van der Waals surface area contributed by atoms with Crippen LogP contribution in [0.5, 0.6) is 0 Å². The summed E-state index contributed by atoms with van der Waals surface area (Å²) in [6, 6.07) is 0. The van der Waals surface area contributed by atoms with Crippen molar-refractivity contribution in [3.63, 3.8) is 0 Å². The van der Waals surface area contributed by atoms with Gasteiger partial charge in [-0.2, -0.15) is 0 Å². The van der Waals surface area contributed by atoms with Gasteiger partial charge in [-0.3, -0.25) is 0 Å². The summed E-state index contributed by atoms with van der Waals surface area (Å²) in [7, 11) is 12.4. The van der Waals surface area contributed by atoms with E-state index in [1.54, 1.807) is 5.20 Å². The van der Waals surface area contributed by atoms with E-state index in [2.05, 4.69) is 59.8 Å². The monoisotopic (exact) mass is 424 g/mol. The summed E-state index contributed by atoms with van der Waals surface area (Å²) in [4.78, 5) is 7.24. The Morgan fingerprint density at radius 2 is 1.48 bits per heavy atom. The first-order chi connectivity index (χ1) is 9.60. The molecule has 121 valence electrons. The van der Waals surface area contributed by atoms with Crippen LogP contribution < -0.4 is 0 Å². The summed E-state index contributed by atoms with van der Waals surface area (Å²) in [5.74, 6) is 1.48. The van der Waals surface area contributed by atoms with Crippen molar-refractivity contribution in [2.45, 2.75) is 40.8 Å². The van der Waals surface area contributed by atoms with Gasteiger partial charge in [0.15, 0.2) is 0 Å². The van der Waals surface area contributed by atoms with Gasteiger partial charge in [0, 0.05) is 5.92 Å². The van der Waals surface area contributed by atoms with E-state index in [9.17, 15) is 0 Å². The molecule has 0 unspecified atom stereocenters. The van der Waals surface area contributed by atoms with Gasteiger partial charge >= 0.3 is 37.9 Å². The second-order valence-corrected chi connectivity index (χ2v) is 13.9. The van der Waals surface area contributed by atoms with Gasteiger partial charge in [-0.25, -0.2) is 0 Å². The molecule has 0 fully saturated rings. The Labute approximate surface area is 151 Å². The van der Waals surface area contributed by atoms with E-state index in [4.69, 9.17) is 22.0 Å². The van der Waals surface area contributed by atoms with Crippen LogP contribution in [0.3, 0.4) is 0 Å². The Balaban J connectivity index is 0.00000122. The molecule has 0 aliphatic heterocycles. The fraction of sp³-hybridized carbons (Fsp3) is 0.667. The van der Waals surface area contributed by atoms with Crippen molar-refractivity contribution in [1.29, 1.82) is 0 Å². The molecule has 0 saturated carbocycles. The van der Waals surface area contributed by atoms with Crippen LogP contribution in [-0.2, 0) is 20.8 Å².